The molecule has 2 aliphatic heterocycles. The third-order valence-electron chi connectivity index (χ3n) is 9.35. The second-order valence-electron chi connectivity index (χ2n) is 13.0. The van der Waals surface area contributed by atoms with E-state index in [9.17, 15) is 23.1 Å². The molecule has 0 spiro atoms. The summed E-state index contributed by atoms with van der Waals surface area (Å²) in [6.07, 6.45) is -1.07. The van der Waals surface area contributed by atoms with Gasteiger partial charge in [0.05, 0.1) is 46.2 Å². The van der Waals surface area contributed by atoms with Crippen LogP contribution in [0.15, 0.2) is 47.9 Å². The van der Waals surface area contributed by atoms with Gasteiger partial charge >= 0.3 is 11.9 Å². The number of benzene rings is 1. The number of pyridine rings is 2. The third kappa shape index (κ3) is 5.58. The smallest absolute Gasteiger partial charge is 0.394 e. The summed E-state index contributed by atoms with van der Waals surface area (Å²) < 4.78 is 73.9. The minimum Gasteiger partial charge on any atom is -0.507 e. The molecule has 0 atom stereocenters. The molecule has 1 saturated heterocycles. The van der Waals surface area contributed by atoms with Gasteiger partial charge in [-0.25, -0.2) is 28.1 Å². The Morgan fingerprint density at radius 1 is 1.08 bits per heavy atom. The molecule has 5 aromatic rings. The van der Waals surface area contributed by atoms with Gasteiger partial charge in [-0.3, -0.25) is 9.88 Å². The molecule has 0 unspecified atom stereocenters. The van der Waals surface area contributed by atoms with Gasteiger partial charge in [0.1, 0.15) is 28.9 Å². The summed E-state index contributed by atoms with van der Waals surface area (Å²) in [5.74, 6) is -3.24. The third-order valence-corrected chi connectivity index (χ3v) is 9.35. The molecule has 2 aliphatic rings. The quantitative estimate of drug-likeness (QED) is 0.204. The lowest BCUT2D eigenvalue weighted by atomic mass is 9.99. The number of nitrogens with zero attached hydrogens (tertiary/aromatic N) is 8. The van der Waals surface area contributed by atoms with Gasteiger partial charge in [0.15, 0.2) is 11.5 Å². The normalized spacial score (nSPS) is 15.5. The number of halogens is 5. The molecule has 7 rings (SSSR count). The van der Waals surface area contributed by atoms with Crippen LogP contribution in [0.2, 0.25) is 0 Å². The number of rotatable bonds is 7. The van der Waals surface area contributed by atoms with Crippen LogP contribution in [0.4, 0.5) is 27.8 Å². The van der Waals surface area contributed by atoms with Crippen molar-refractivity contribution in [3.8, 4) is 22.7 Å². The fourth-order valence-corrected chi connectivity index (χ4v) is 6.80. The van der Waals surface area contributed by atoms with Crippen molar-refractivity contribution in [2.45, 2.75) is 52.5 Å². The molecule has 0 radical (unpaired) electrons. The first-order valence-electron chi connectivity index (χ1n) is 16.1. The van der Waals surface area contributed by atoms with Crippen LogP contribution in [0, 0.1) is 24.5 Å². The maximum absolute atomic E-state index is 16.1. The van der Waals surface area contributed by atoms with E-state index in [1.165, 1.54) is 16.7 Å². The summed E-state index contributed by atoms with van der Waals surface area (Å²) in [7, 11) is 0. The Labute approximate surface area is 283 Å². The predicted molar refractivity (Wildman–Crippen MR) is 177 cm³/mol. The van der Waals surface area contributed by atoms with Crippen LogP contribution in [-0.2, 0) is 19.6 Å². The van der Waals surface area contributed by atoms with Crippen molar-refractivity contribution in [3.63, 3.8) is 0 Å². The molecule has 0 saturated carbocycles. The number of anilines is 1. The van der Waals surface area contributed by atoms with Gasteiger partial charge in [0, 0.05) is 38.9 Å². The van der Waals surface area contributed by atoms with Crippen LogP contribution in [-0.4, -0.2) is 64.9 Å². The minimum absolute atomic E-state index is 0.0260. The average molecular weight is 693 g/mol. The zero-order chi connectivity index (χ0) is 35.6. The molecule has 50 heavy (non-hydrogen) atoms. The molecular formula is C35H33F5N8O2. The fourth-order valence-electron chi connectivity index (χ4n) is 6.80. The highest BCUT2D eigenvalue weighted by Gasteiger charge is 2.47. The number of alkyl halides is 3. The highest BCUT2D eigenvalue weighted by atomic mass is 19.4. The van der Waals surface area contributed by atoms with Crippen LogP contribution in [0.5, 0.6) is 5.75 Å². The molecule has 1 fully saturated rings. The molecule has 1 N–H and O–H groups in total. The lowest BCUT2D eigenvalue weighted by molar-refractivity contribution is -0.210. The first kappa shape index (κ1) is 33.3. The lowest BCUT2D eigenvalue weighted by Gasteiger charge is -2.40. The largest absolute Gasteiger partial charge is 0.507 e. The van der Waals surface area contributed by atoms with Crippen LogP contribution in [0.3, 0.4) is 0 Å². The van der Waals surface area contributed by atoms with Gasteiger partial charge in [-0.15, -0.1) is 0 Å². The number of phenolic OH excluding ortho intramolecular Hbond substituents is 1. The van der Waals surface area contributed by atoms with Crippen LogP contribution < -0.4 is 10.6 Å². The average Bonchev–Trinajstić information content (AvgIpc) is 3.39. The van der Waals surface area contributed by atoms with E-state index < -0.39 is 46.4 Å². The Balaban J connectivity index is 1.39. The fraction of sp³-hybridized carbons (Fsp3) is 0.343. The molecule has 1 aromatic carbocycles. The van der Waals surface area contributed by atoms with Gasteiger partial charge in [-0.2, -0.15) is 18.2 Å². The van der Waals surface area contributed by atoms with Crippen molar-refractivity contribution < 1.29 is 27.1 Å². The molecule has 10 nitrogen and oxygen atoms in total. The first-order valence-corrected chi connectivity index (χ1v) is 16.1. The molecule has 0 amide bonds. The molecule has 0 aliphatic carbocycles. The van der Waals surface area contributed by atoms with Gasteiger partial charge in [0.2, 0.25) is 0 Å². The minimum atomic E-state index is -4.27. The first-order chi connectivity index (χ1) is 23.8. The Morgan fingerprint density at radius 3 is 2.52 bits per heavy atom. The number of aromatic hydroxyl groups is 1. The maximum atomic E-state index is 16.1. The van der Waals surface area contributed by atoms with Gasteiger partial charge < -0.3 is 14.6 Å². The number of hydrogen-bond acceptors (Lipinski definition) is 8. The molecule has 6 heterocycles. The lowest BCUT2D eigenvalue weighted by Crippen LogP contribution is -2.52. The predicted octanol–water partition coefficient (Wildman–Crippen LogP) is 6.11. The van der Waals surface area contributed by atoms with E-state index in [1.807, 2.05) is 18.4 Å². The van der Waals surface area contributed by atoms with E-state index >= 15 is 8.78 Å². The Kier molecular flexibility index (Phi) is 8.20. The second kappa shape index (κ2) is 12.3. The Bertz CT molecular complexity index is 2200. The van der Waals surface area contributed by atoms with Crippen LogP contribution in [0.1, 0.15) is 48.2 Å². The van der Waals surface area contributed by atoms with E-state index in [4.69, 9.17) is 0 Å². The van der Waals surface area contributed by atoms with Gasteiger partial charge in [0.25, 0.3) is 0 Å². The van der Waals surface area contributed by atoms with Gasteiger partial charge in [-0.1, -0.05) is 26.5 Å². The summed E-state index contributed by atoms with van der Waals surface area (Å²) in [4.78, 5) is 35.8. The molecule has 260 valence electrons. The summed E-state index contributed by atoms with van der Waals surface area (Å²) >= 11 is 0. The monoisotopic (exact) mass is 692 g/mol. The molecule has 15 heteroatoms. The van der Waals surface area contributed by atoms with Crippen molar-refractivity contribution >= 4 is 22.9 Å². The number of fused-ring (bicyclic) bond motifs is 2. The van der Waals surface area contributed by atoms with Crippen molar-refractivity contribution in [1.82, 2.24) is 34.0 Å². The summed E-state index contributed by atoms with van der Waals surface area (Å²) in [6, 6.07) is 6.42. The molecule has 4 aromatic heterocycles. The van der Waals surface area contributed by atoms with E-state index in [1.54, 1.807) is 35.1 Å². The summed E-state index contributed by atoms with van der Waals surface area (Å²) in [5, 5.41) is 10.7. The van der Waals surface area contributed by atoms with Crippen molar-refractivity contribution in [1.29, 1.82) is 0 Å². The summed E-state index contributed by atoms with van der Waals surface area (Å²) in [5.41, 5.74) is 1.19. The zero-order valence-corrected chi connectivity index (χ0v) is 27.5. The van der Waals surface area contributed by atoms with E-state index in [-0.39, 0.29) is 48.9 Å². The number of hydrogen-bond donors (Lipinski definition) is 1. The number of likely N-dealkylation sites (tertiary alicyclic amines) is 1. The highest BCUT2D eigenvalue weighted by Crippen LogP contribution is 2.38. The Hall–Kier alpha value is -5.18. The van der Waals surface area contributed by atoms with Crippen LogP contribution in [0.25, 0.3) is 34.1 Å². The van der Waals surface area contributed by atoms with E-state index in [2.05, 4.69) is 26.5 Å². The second-order valence-corrected chi connectivity index (χ2v) is 13.0. The van der Waals surface area contributed by atoms with E-state index in [0.29, 0.717) is 47.2 Å². The van der Waals surface area contributed by atoms with E-state index in [0.717, 1.165) is 12.1 Å². The molecule has 0 bridgehead atoms. The van der Waals surface area contributed by atoms with Gasteiger partial charge in [-0.05, 0) is 48.7 Å². The Morgan fingerprint density at radius 2 is 1.84 bits per heavy atom. The molecular weight excluding hydrogens is 659 g/mol. The number of imidazole rings is 1. The number of aromatic nitrogens is 6. The maximum Gasteiger partial charge on any atom is 0.394 e. The number of phenols is 1. The van der Waals surface area contributed by atoms with Crippen LogP contribution >= 0.6 is 0 Å². The number of aryl methyl sites for hydroxylation is 1. The topological polar surface area (TPSA) is 105 Å². The zero-order valence-electron chi connectivity index (χ0n) is 27.5. The van der Waals surface area contributed by atoms with Crippen molar-refractivity contribution in [2.75, 3.05) is 24.5 Å². The summed E-state index contributed by atoms with van der Waals surface area (Å²) in [6.45, 7) is 10.2. The van der Waals surface area contributed by atoms with Crippen molar-refractivity contribution in [3.05, 3.63) is 93.7 Å². The highest BCUT2D eigenvalue weighted by molar-refractivity contribution is 5.91. The SMILES string of the molecule is C=Cc1nc(CN2CC(C(F)(F)F)C2)c2n1CCN(c1nc(=O)n(-c3c(C)ccnc3C(C)C)c3nc(-c4c(O)cccc4F)c(F)cc13)C2. The van der Waals surface area contributed by atoms with Crippen molar-refractivity contribution in [2.24, 2.45) is 5.92 Å². The standard InChI is InChI=1S/C35H33F5N8O2/c1-5-27-42-24(16-45-14-20(15-45)35(38,39)40)25-17-46(11-12-47(25)27)32-21-13-23(37)30(28-22(36)7-6-8-26(28)49)43-33(21)48(34(50)44-32)31-19(4)9-10-41-29(31)18(2)3/h5-10,13,18,20,49H,1,11-12,14-17H2,2-4H3.